The molecule has 0 spiro atoms. The number of rotatable bonds is 1. The van der Waals surface area contributed by atoms with E-state index in [0.717, 1.165) is 5.69 Å². The fourth-order valence-electron chi connectivity index (χ4n) is 1.31. The molecule has 0 bridgehead atoms. The quantitative estimate of drug-likeness (QED) is 0.654. The molecule has 0 aliphatic rings. The first-order chi connectivity index (χ1) is 7.34. The zero-order valence-electron chi connectivity index (χ0n) is 7.53. The molecule has 2 N–H and O–H groups in total. The van der Waals surface area contributed by atoms with Crippen LogP contribution in [0.1, 0.15) is 0 Å². The summed E-state index contributed by atoms with van der Waals surface area (Å²) in [5.74, 6) is 1.21. The molecule has 6 nitrogen and oxygen atoms in total. The summed E-state index contributed by atoms with van der Waals surface area (Å²) in [6.07, 6.45) is 3.51. The molecule has 3 aromatic heterocycles. The molecule has 0 aliphatic heterocycles. The van der Waals surface area contributed by atoms with E-state index in [-0.39, 0.29) is 0 Å². The molecule has 0 radical (unpaired) electrons. The Hall–Kier alpha value is -2.02. The molecule has 3 aromatic rings. The number of anilines is 1. The van der Waals surface area contributed by atoms with Gasteiger partial charge in [-0.3, -0.25) is 4.40 Å². The number of hydrogen-bond acceptors (Lipinski definition) is 6. The highest BCUT2D eigenvalue weighted by Gasteiger charge is 2.10. The Morgan fingerprint density at radius 1 is 1.33 bits per heavy atom. The second-order valence-electron chi connectivity index (χ2n) is 2.88. The molecule has 74 valence electrons. The number of nitrogens with two attached hydrogens (primary N) is 1. The zero-order chi connectivity index (χ0) is 10.3. The molecule has 0 fully saturated rings. The lowest BCUT2D eigenvalue weighted by Crippen LogP contribution is -1.91. The average Bonchev–Trinajstić information content (AvgIpc) is 2.83. The van der Waals surface area contributed by atoms with Crippen molar-refractivity contribution in [1.82, 2.24) is 24.6 Å². The van der Waals surface area contributed by atoms with Crippen LogP contribution in [0.5, 0.6) is 0 Å². The molecular weight excluding hydrogens is 212 g/mol. The van der Waals surface area contributed by atoms with Crippen molar-refractivity contribution in [1.29, 1.82) is 0 Å². The van der Waals surface area contributed by atoms with Gasteiger partial charge in [0.15, 0.2) is 11.0 Å². The van der Waals surface area contributed by atoms with Crippen LogP contribution in [0.4, 0.5) is 5.13 Å². The summed E-state index contributed by atoms with van der Waals surface area (Å²) in [5, 5.41) is 10.3. The summed E-state index contributed by atoms with van der Waals surface area (Å²) < 4.78 is 1.77. The largest absolute Gasteiger partial charge is 0.375 e. The van der Waals surface area contributed by atoms with Crippen molar-refractivity contribution in [3.05, 3.63) is 23.8 Å². The molecule has 0 unspecified atom stereocenters. The predicted molar refractivity (Wildman–Crippen MR) is 56.3 cm³/mol. The normalized spacial score (nSPS) is 10.9. The van der Waals surface area contributed by atoms with E-state index in [1.807, 2.05) is 17.6 Å². The standard InChI is InChI=1S/C8H6N6S/c9-7-11-5(4-15-7)6-12-13-8-10-2-1-3-14(6)8/h1-4H,(H2,9,11). The van der Waals surface area contributed by atoms with E-state index < -0.39 is 0 Å². The lowest BCUT2D eigenvalue weighted by molar-refractivity contribution is 1.10. The van der Waals surface area contributed by atoms with Crippen LogP contribution in [0, 0.1) is 0 Å². The van der Waals surface area contributed by atoms with Crippen LogP contribution < -0.4 is 5.73 Å². The Morgan fingerprint density at radius 3 is 3.07 bits per heavy atom. The van der Waals surface area contributed by atoms with Crippen molar-refractivity contribution < 1.29 is 0 Å². The summed E-state index contributed by atoms with van der Waals surface area (Å²) in [7, 11) is 0. The molecule has 0 atom stereocenters. The Balaban J connectivity index is 2.27. The third-order valence-corrected chi connectivity index (χ3v) is 2.61. The Bertz CT molecular complexity index is 612. The van der Waals surface area contributed by atoms with Crippen LogP contribution in [0.15, 0.2) is 23.8 Å². The molecule has 15 heavy (non-hydrogen) atoms. The van der Waals surface area contributed by atoms with Gasteiger partial charge >= 0.3 is 0 Å². The minimum atomic E-state index is 0.519. The Labute approximate surface area is 88.4 Å². The third-order valence-electron chi connectivity index (χ3n) is 1.94. The molecule has 3 rings (SSSR count). The van der Waals surface area contributed by atoms with Gasteiger partial charge in [0.25, 0.3) is 5.78 Å². The van der Waals surface area contributed by atoms with Crippen LogP contribution in [-0.4, -0.2) is 24.6 Å². The van der Waals surface area contributed by atoms with E-state index in [9.17, 15) is 0 Å². The zero-order valence-corrected chi connectivity index (χ0v) is 8.35. The Morgan fingerprint density at radius 2 is 2.27 bits per heavy atom. The first-order valence-corrected chi connectivity index (χ1v) is 5.10. The number of aromatic nitrogens is 5. The first-order valence-electron chi connectivity index (χ1n) is 4.22. The van der Waals surface area contributed by atoms with Gasteiger partial charge in [0.05, 0.1) is 0 Å². The number of nitrogen functional groups attached to an aromatic ring is 1. The van der Waals surface area contributed by atoms with Crippen molar-refractivity contribution in [3.63, 3.8) is 0 Å². The highest BCUT2D eigenvalue weighted by Crippen LogP contribution is 2.21. The van der Waals surface area contributed by atoms with E-state index in [2.05, 4.69) is 20.2 Å². The van der Waals surface area contributed by atoms with Crippen molar-refractivity contribution in [2.24, 2.45) is 0 Å². The maximum Gasteiger partial charge on any atom is 0.255 e. The molecule has 0 aliphatic carbocycles. The molecule has 0 saturated heterocycles. The lowest BCUT2D eigenvalue weighted by atomic mass is 10.4. The topological polar surface area (TPSA) is 82.0 Å². The summed E-state index contributed by atoms with van der Waals surface area (Å²) in [6, 6.07) is 1.82. The van der Waals surface area contributed by atoms with E-state index in [1.165, 1.54) is 11.3 Å². The van der Waals surface area contributed by atoms with Gasteiger partial charge in [-0.1, -0.05) is 0 Å². The molecule has 3 heterocycles. The van der Waals surface area contributed by atoms with Gasteiger partial charge in [0.1, 0.15) is 5.69 Å². The molecular formula is C8H6N6S. The number of fused-ring (bicyclic) bond motifs is 1. The lowest BCUT2D eigenvalue weighted by Gasteiger charge is -1.93. The number of hydrogen-bond donors (Lipinski definition) is 1. The summed E-state index contributed by atoms with van der Waals surface area (Å²) >= 11 is 1.38. The second-order valence-corrected chi connectivity index (χ2v) is 3.77. The fraction of sp³-hybridized carbons (Fsp3) is 0. The van der Waals surface area contributed by atoms with Crippen molar-refractivity contribution in [3.8, 4) is 11.5 Å². The third kappa shape index (κ3) is 1.24. The van der Waals surface area contributed by atoms with E-state index in [4.69, 9.17) is 5.73 Å². The van der Waals surface area contributed by atoms with E-state index in [1.54, 1.807) is 10.6 Å². The predicted octanol–water partition coefficient (Wildman–Crippen LogP) is 0.830. The number of nitrogens with zero attached hydrogens (tertiary/aromatic N) is 5. The average molecular weight is 218 g/mol. The summed E-state index contributed by atoms with van der Waals surface area (Å²) in [6.45, 7) is 0. The van der Waals surface area contributed by atoms with Crippen molar-refractivity contribution in [2.45, 2.75) is 0 Å². The van der Waals surface area contributed by atoms with Gasteiger partial charge in [-0.25, -0.2) is 9.97 Å². The van der Waals surface area contributed by atoms with Crippen LogP contribution in [-0.2, 0) is 0 Å². The smallest absolute Gasteiger partial charge is 0.255 e. The molecule has 7 heteroatoms. The van der Waals surface area contributed by atoms with E-state index in [0.29, 0.717) is 16.7 Å². The van der Waals surface area contributed by atoms with Gasteiger partial charge in [-0.05, 0) is 6.07 Å². The minimum Gasteiger partial charge on any atom is -0.375 e. The minimum absolute atomic E-state index is 0.519. The molecule has 0 amide bonds. The second kappa shape index (κ2) is 2.99. The monoisotopic (exact) mass is 218 g/mol. The molecule has 0 saturated carbocycles. The Kier molecular flexibility index (Phi) is 1.65. The number of thiazole rings is 1. The first kappa shape index (κ1) is 8.30. The molecule has 0 aromatic carbocycles. The van der Waals surface area contributed by atoms with Crippen LogP contribution >= 0.6 is 11.3 Å². The SMILES string of the molecule is Nc1nc(-c2nnc3ncccn23)cs1. The van der Waals surface area contributed by atoms with Gasteiger partial charge in [0.2, 0.25) is 0 Å². The van der Waals surface area contributed by atoms with Crippen molar-refractivity contribution >= 4 is 22.2 Å². The summed E-state index contributed by atoms with van der Waals surface area (Å²) in [5.41, 5.74) is 6.28. The highest BCUT2D eigenvalue weighted by atomic mass is 32.1. The van der Waals surface area contributed by atoms with E-state index >= 15 is 0 Å². The van der Waals surface area contributed by atoms with Crippen LogP contribution in [0.3, 0.4) is 0 Å². The van der Waals surface area contributed by atoms with Gasteiger partial charge < -0.3 is 5.73 Å². The maximum absolute atomic E-state index is 5.56. The van der Waals surface area contributed by atoms with Gasteiger partial charge in [-0.15, -0.1) is 21.5 Å². The highest BCUT2D eigenvalue weighted by molar-refractivity contribution is 7.13. The van der Waals surface area contributed by atoms with Gasteiger partial charge in [-0.2, -0.15) is 0 Å². The fourth-order valence-corrected chi connectivity index (χ4v) is 1.85. The maximum atomic E-state index is 5.56. The van der Waals surface area contributed by atoms with Crippen molar-refractivity contribution in [2.75, 3.05) is 5.73 Å². The van der Waals surface area contributed by atoms with Gasteiger partial charge in [0, 0.05) is 17.8 Å². The van der Waals surface area contributed by atoms with Crippen LogP contribution in [0.25, 0.3) is 17.3 Å². The van der Waals surface area contributed by atoms with Crippen LogP contribution in [0.2, 0.25) is 0 Å². The summed E-state index contributed by atoms with van der Waals surface area (Å²) in [4.78, 5) is 8.22.